The zero-order chi connectivity index (χ0) is 13.2. The summed E-state index contributed by atoms with van der Waals surface area (Å²) in [6.07, 6.45) is 4.69. The van der Waals surface area contributed by atoms with E-state index in [2.05, 4.69) is 5.10 Å². The van der Waals surface area contributed by atoms with Crippen LogP contribution in [0.1, 0.15) is 19.8 Å². The minimum Gasteiger partial charge on any atom is -0.377 e. The number of aryl methyl sites for hydroxylation is 1. The molecule has 6 nitrogen and oxygen atoms in total. The van der Waals surface area contributed by atoms with Crippen molar-refractivity contribution in [3.8, 4) is 0 Å². The zero-order valence-corrected chi connectivity index (χ0v) is 11.6. The standard InChI is InChI=1S/C11H19N3O3S/c1-3-17-10-5-4-6-14(8-10)18(15,16)11-7-12-13(2)9-11/h7,9-10H,3-6,8H2,1-2H3. The van der Waals surface area contributed by atoms with Crippen molar-refractivity contribution >= 4 is 10.0 Å². The molecule has 0 saturated carbocycles. The Morgan fingerprint density at radius 1 is 1.56 bits per heavy atom. The first kappa shape index (κ1) is 13.5. The van der Waals surface area contributed by atoms with Gasteiger partial charge in [-0.05, 0) is 19.8 Å². The van der Waals surface area contributed by atoms with E-state index in [4.69, 9.17) is 4.74 Å². The van der Waals surface area contributed by atoms with Crippen LogP contribution in [-0.4, -0.2) is 48.3 Å². The van der Waals surface area contributed by atoms with Gasteiger partial charge in [0.1, 0.15) is 4.90 Å². The Bertz CT molecular complexity index is 495. The minimum absolute atomic E-state index is 0.00944. The summed E-state index contributed by atoms with van der Waals surface area (Å²) in [6.45, 7) is 3.53. The van der Waals surface area contributed by atoms with Crippen LogP contribution in [0, 0.1) is 0 Å². The molecule has 1 unspecified atom stereocenters. The average Bonchev–Trinajstić information content (AvgIpc) is 2.77. The molecule has 1 aliphatic heterocycles. The molecule has 0 radical (unpaired) electrons. The largest absolute Gasteiger partial charge is 0.377 e. The van der Waals surface area contributed by atoms with E-state index in [9.17, 15) is 8.42 Å². The van der Waals surface area contributed by atoms with E-state index in [1.165, 1.54) is 21.4 Å². The lowest BCUT2D eigenvalue weighted by Gasteiger charge is -2.31. The summed E-state index contributed by atoms with van der Waals surface area (Å²) in [5.74, 6) is 0. The van der Waals surface area contributed by atoms with Crippen molar-refractivity contribution < 1.29 is 13.2 Å². The molecule has 0 spiro atoms. The van der Waals surface area contributed by atoms with Crippen molar-refractivity contribution in [2.75, 3.05) is 19.7 Å². The number of rotatable bonds is 4. The van der Waals surface area contributed by atoms with E-state index < -0.39 is 10.0 Å². The van der Waals surface area contributed by atoms with Gasteiger partial charge in [-0.25, -0.2) is 8.42 Å². The molecule has 0 aromatic carbocycles. The molecule has 0 amide bonds. The number of hydrogen-bond donors (Lipinski definition) is 0. The highest BCUT2D eigenvalue weighted by atomic mass is 32.2. The molecule has 1 aromatic rings. The molecule has 1 fully saturated rings. The summed E-state index contributed by atoms with van der Waals surface area (Å²) in [6, 6.07) is 0. The van der Waals surface area contributed by atoms with E-state index in [-0.39, 0.29) is 11.0 Å². The van der Waals surface area contributed by atoms with Crippen molar-refractivity contribution in [2.24, 2.45) is 7.05 Å². The van der Waals surface area contributed by atoms with Gasteiger partial charge in [0.25, 0.3) is 0 Å². The van der Waals surface area contributed by atoms with Crippen molar-refractivity contribution in [1.82, 2.24) is 14.1 Å². The van der Waals surface area contributed by atoms with E-state index in [0.717, 1.165) is 12.8 Å². The lowest BCUT2D eigenvalue weighted by atomic mass is 10.1. The van der Waals surface area contributed by atoms with Gasteiger partial charge in [-0.1, -0.05) is 0 Å². The summed E-state index contributed by atoms with van der Waals surface area (Å²) in [7, 11) is -1.72. The maximum Gasteiger partial charge on any atom is 0.246 e. The number of sulfonamides is 1. The molecule has 1 saturated heterocycles. The Balaban J connectivity index is 2.15. The maximum absolute atomic E-state index is 12.4. The second-order valence-corrected chi connectivity index (χ2v) is 6.37. The monoisotopic (exact) mass is 273 g/mol. The quantitative estimate of drug-likeness (QED) is 0.806. The van der Waals surface area contributed by atoms with Crippen LogP contribution in [0.2, 0.25) is 0 Å². The van der Waals surface area contributed by atoms with Crippen LogP contribution in [0.25, 0.3) is 0 Å². The molecule has 2 rings (SSSR count). The second-order valence-electron chi connectivity index (χ2n) is 4.43. The SMILES string of the molecule is CCOC1CCCN(S(=O)(=O)c2cnn(C)c2)C1. The topological polar surface area (TPSA) is 64.4 Å². The third kappa shape index (κ3) is 2.73. The highest BCUT2D eigenvalue weighted by Gasteiger charge is 2.31. The molecule has 102 valence electrons. The van der Waals surface area contributed by atoms with E-state index in [0.29, 0.717) is 19.7 Å². The van der Waals surface area contributed by atoms with Crippen molar-refractivity contribution in [3.05, 3.63) is 12.4 Å². The van der Waals surface area contributed by atoms with Crippen LogP contribution in [0.5, 0.6) is 0 Å². The zero-order valence-electron chi connectivity index (χ0n) is 10.7. The molecule has 1 aromatic heterocycles. The molecule has 1 atom stereocenters. The van der Waals surface area contributed by atoms with Gasteiger partial charge in [-0.15, -0.1) is 0 Å². The summed E-state index contributed by atoms with van der Waals surface area (Å²) < 4.78 is 33.2. The fraction of sp³-hybridized carbons (Fsp3) is 0.727. The Kier molecular flexibility index (Phi) is 4.04. The van der Waals surface area contributed by atoms with Gasteiger partial charge in [-0.2, -0.15) is 9.40 Å². The molecular weight excluding hydrogens is 254 g/mol. The number of nitrogens with zero attached hydrogens (tertiary/aromatic N) is 3. The van der Waals surface area contributed by atoms with Gasteiger partial charge in [0.05, 0.1) is 12.3 Å². The molecular formula is C11H19N3O3S. The second kappa shape index (κ2) is 5.38. The Morgan fingerprint density at radius 2 is 2.33 bits per heavy atom. The number of piperidine rings is 1. The van der Waals surface area contributed by atoms with Crippen molar-refractivity contribution in [1.29, 1.82) is 0 Å². The highest BCUT2D eigenvalue weighted by molar-refractivity contribution is 7.89. The van der Waals surface area contributed by atoms with Crippen LogP contribution in [-0.2, 0) is 21.8 Å². The Morgan fingerprint density at radius 3 is 2.94 bits per heavy atom. The fourth-order valence-corrected chi connectivity index (χ4v) is 3.67. The lowest BCUT2D eigenvalue weighted by molar-refractivity contribution is 0.0265. The Labute approximate surface area is 108 Å². The fourth-order valence-electron chi connectivity index (χ4n) is 2.18. The predicted molar refractivity (Wildman–Crippen MR) is 66.6 cm³/mol. The molecule has 1 aliphatic rings. The number of ether oxygens (including phenoxy) is 1. The number of aromatic nitrogens is 2. The van der Waals surface area contributed by atoms with E-state index in [1.807, 2.05) is 6.92 Å². The first-order valence-electron chi connectivity index (χ1n) is 6.14. The third-order valence-electron chi connectivity index (χ3n) is 3.06. The molecule has 0 bridgehead atoms. The van der Waals surface area contributed by atoms with E-state index in [1.54, 1.807) is 7.05 Å². The van der Waals surface area contributed by atoms with Gasteiger partial charge in [0.15, 0.2) is 0 Å². The summed E-state index contributed by atoms with van der Waals surface area (Å²) in [5, 5.41) is 3.91. The van der Waals surface area contributed by atoms with Crippen molar-refractivity contribution in [3.63, 3.8) is 0 Å². The predicted octanol–water partition coefficient (Wildman–Crippen LogP) is 0.610. The van der Waals surface area contributed by atoms with Crippen LogP contribution in [0.4, 0.5) is 0 Å². The Hall–Kier alpha value is -0.920. The maximum atomic E-state index is 12.4. The molecule has 7 heteroatoms. The summed E-state index contributed by atoms with van der Waals surface area (Å²) in [4.78, 5) is 0.252. The minimum atomic E-state index is -3.42. The third-order valence-corrected chi connectivity index (χ3v) is 4.88. The first-order valence-corrected chi connectivity index (χ1v) is 7.58. The molecule has 2 heterocycles. The highest BCUT2D eigenvalue weighted by Crippen LogP contribution is 2.21. The molecule has 0 aliphatic carbocycles. The van der Waals surface area contributed by atoms with Crippen LogP contribution in [0.3, 0.4) is 0 Å². The van der Waals surface area contributed by atoms with Crippen LogP contribution in [0.15, 0.2) is 17.3 Å². The van der Waals surface area contributed by atoms with Gasteiger partial charge in [0, 0.05) is 32.9 Å². The van der Waals surface area contributed by atoms with Crippen LogP contribution >= 0.6 is 0 Å². The van der Waals surface area contributed by atoms with Gasteiger partial charge in [0.2, 0.25) is 10.0 Å². The van der Waals surface area contributed by atoms with Gasteiger partial charge < -0.3 is 4.74 Å². The van der Waals surface area contributed by atoms with Crippen molar-refractivity contribution in [2.45, 2.75) is 30.8 Å². The van der Waals surface area contributed by atoms with E-state index >= 15 is 0 Å². The lowest BCUT2D eigenvalue weighted by Crippen LogP contribution is -2.43. The molecule has 18 heavy (non-hydrogen) atoms. The summed E-state index contributed by atoms with van der Waals surface area (Å²) >= 11 is 0. The van der Waals surface area contributed by atoms with Gasteiger partial charge >= 0.3 is 0 Å². The average molecular weight is 273 g/mol. The van der Waals surface area contributed by atoms with Crippen LogP contribution < -0.4 is 0 Å². The van der Waals surface area contributed by atoms with Gasteiger partial charge in [-0.3, -0.25) is 4.68 Å². The first-order chi connectivity index (χ1) is 8.54. The smallest absolute Gasteiger partial charge is 0.246 e. The number of hydrogen-bond acceptors (Lipinski definition) is 4. The summed E-state index contributed by atoms with van der Waals surface area (Å²) in [5.41, 5.74) is 0. The normalized spacial score (nSPS) is 22.2. The molecule has 0 N–H and O–H groups in total.